The van der Waals surface area contributed by atoms with Crippen molar-refractivity contribution in [2.24, 2.45) is 4.99 Å². The molecule has 34 heavy (non-hydrogen) atoms. The first-order valence-electron chi connectivity index (χ1n) is 11.0. The van der Waals surface area contributed by atoms with Crippen molar-refractivity contribution in [3.63, 3.8) is 0 Å². The number of fused-ring (bicyclic) bond motifs is 1. The maximum atomic E-state index is 13.5. The van der Waals surface area contributed by atoms with Crippen LogP contribution < -0.4 is 19.6 Å². The van der Waals surface area contributed by atoms with E-state index in [1.165, 1.54) is 22.7 Å². The Bertz CT molecular complexity index is 1350. The molecule has 0 saturated carbocycles. The van der Waals surface area contributed by atoms with Crippen molar-refractivity contribution in [3.05, 3.63) is 83.2 Å². The van der Waals surface area contributed by atoms with E-state index in [1.807, 2.05) is 47.9 Å². The number of esters is 1. The number of carbonyl (C=O) groups excluding carboxylic acids is 1. The predicted octanol–water partition coefficient (Wildman–Crippen LogP) is 3.28. The van der Waals surface area contributed by atoms with Crippen LogP contribution in [0.1, 0.15) is 36.8 Å². The van der Waals surface area contributed by atoms with Crippen LogP contribution in [0.15, 0.2) is 62.8 Å². The van der Waals surface area contributed by atoms with Crippen molar-refractivity contribution >= 4 is 34.7 Å². The number of carbonyl (C=O) groups is 1. The molecule has 9 heteroatoms. The minimum atomic E-state index is -0.585. The smallest absolute Gasteiger partial charge is 0.338 e. The number of allylic oxidation sites excluding steroid dienone is 1. The molecule has 0 aliphatic carbocycles. The molecule has 0 spiro atoms. The molecule has 1 atom stereocenters. The summed E-state index contributed by atoms with van der Waals surface area (Å²) < 4.78 is 18.2. The summed E-state index contributed by atoms with van der Waals surface area (Å²) >= 11 is 2.80. The quantitative estimate of drug-likeness (QED) is 0.334. The Morgan fingerprint density at radius 2 is 1.97 bits per heavy atom. The summed E-state index contributed by atoms with van der Waals surface area (Å²) in [7, 11) is 1.55. The van der Waals surface area contributed by atoms with E-state index in [-0.39, 0.29) is 12.2 Å². The van der Waals surface area contributed by atoms with Crippen molar-refractivity contribution in [2.45, 2.75) is 26.3 Å². The number of ether oxygens (including phenoxy) is 3. The van der Waals surface area contributed by atoms with Crippen molar-refractivity contribution in [3.8, 4) is 5.75 Å². The first-order valence-corrected chi connectivity index (χ1v) is 12.7. The third-order valence-electron chi connectivity index (χ3n) is 5.23. The van der Waals surface area contributed by atoms with E-state index in [9.17, 15) is 9.59 Å². The van der Waals surface area contributed by atoms with Gasteiger partial charge < -0.3 is 14.2 Å². The van der Waals surface area contributed by atoms with E-state index in [4.69, 9.17) is 14.2 Å². The van der Waals surface area contributed by atoms with Gasteiger partial charge in [-0.3, -0.25) is 9.36 Å². The molecule has 1 aliphatic heterocycles. The number of hydrogen-bond donors (Lipinski definition) is 0. The Balaban J connectivity index is 1.75. The molecule has 0 fully saturated rings. The second kappa shape index (κ2) is 10.9. The number of methoxy groups -OCH3 is 1. The molecule has 3 heterocycles. The Kier molecular flexibility index (Phi) is 7.77. The molecule has 0 saturated heterocycles. The minimum absolute atomic E-state index is 0.131. The van der Waals surface area contributed by atoms with Gasteiger partial charge in [0.25, 0.3) is 5.56 Å². The van der Waals surface area contributed by atoms with E-state index in [2.05, 4.69) is 11.9 Å². The van der Waals surface area contributed by atoms with Crippen molar-refractivity contribution < 1.29 is 19.0 Å². The Morgan fingerprint density at radius 1 is 1.18 bits per heavy atom. The van der Waals surface area contributed by atoms with E-state index in [1.54, 1.807) is 18.6 Å². The van der Waals surface area contributed by atoms with Gasteiger partial charge in [-0.2, -0.15) is 0 Å². The largest absolute Gasteiger partial charge is 0.494 e. The van der Waals surface area contributed by atoms with Crippen LogP contribution in [0.2, 0.25) is 0 Å². The van der Waals surface area contributed by atoms with Gasteiger partial charge in [0.05, 0.1) is 29.0 Å². The highest BCUT2D eigenvalue weighted by molar-refractivity contribution is 7.10. The molecule has 178 valence electrons. The van der Waals surface area contributed by atoms with Crippen LogP contribution in [0.3, 0.4) is 0 Å². The maximum absolute atomic E-state index is 13.5. The van der Waals surface area contributed by atoms with Crippen LogP contribution in [0.25, 0.3) is 6.08 Å². The summed E-state index contributed by atoms with van der Waals surface area (Å²) in [4.78, 5) is 32.6. The van der Waals surface area contributed by atoms with Gasteiger partial charge >= 0.3 is 5.97 Å². The van der Waals surface area contributed by atoms with Crippen LogP contribution >= 0.6 is 22.7 Å². The standard InChI is InChI=1S/C25H26N2O5S2/c1-4-11-31-18-9-7-17(8-10-18)15-20-23(28)27-22(19-6-5-14-33-19)21(16(2)26-25(27)34-20)24(29)32-13-12-30-3/h5-10,14-15,22H,4,11-13H2,1-3H3. The van der Waals surface area contributed by atoms with E-state index >= 15 is 0 Å². The summed E-state index contributed by atoms with van der Waals surface area (Å²) in [5.74, 6) is 0.305. The second-order valence-corrected chi connectivity index (χ2v) is 9.63. The second-order valence-electron chi connectivity index (χ2n) is 7.64. The van der Waals surface area contributed by atoms with Gasteiger partial charge in [0.1, 0.15) is 18.4 Å². The Hall–Kier alpha value is -3.01. The normalized spacial score (nSPS) is 15.7. The first-order chi connectivity index (χ1) is 16.5. The van der Waals surface area contributed by atoms with Gasteiger partial charge in [-0.1, -0.05) is 36.5 Å². The van der Waals surface area contributed by atoms with Crippen LogP contribution in [-0.2, 0) is 14.3 Å². The SMILES string of the molecule is CCCOc1ccc(C=c2sc3n(c2=O)C(c2cccs2)C(C(=O)OCCOC)=C(C)N=3)cc1. The lowest BCUT2D eigenvalue weighted by atomic mass is 10.0. The van der Waals surface area contributed by atoms with E-state index < -0.39 is 12.0 Å². The lowest BCUT2D eigenvalue weighted by Gasteiger charge is -2.23. The Morgan fingerprint density at radius 3 is 2.65 bits per heavy atom. The summed E-state index contributed by atoms with van der Waals surface area (Å²) in [6, 6.07) is 10.9. The third kappa shape index (κ3) is 5.06. The van der Waals surface area contributed by atoms with Crippen LogP contribution in [0.5, 0.6) is 5.75 Å². The average molecular weight is 499 g/mol. The number of benzene rings is 1. The number of aromatic nitrogens is 1. The summed E-state index contributed by atoms with van der Waals surface area (Å²) in [5, 5.41) is 1.93. The van der Waals surface area contributed by atoms with Crippen molar-refractivity contribution in [2.75, 3.05) is 26.9 Å². The summed E-state index contributed by atoms with van der Waals surface area (Å²) in [5.41, 5.74) is 1.61. The molecule has 1 unspecified atom stereocenters. The highest BCUT2D eigenvalue weighted by Crippen LogP contribution is 2.33. The van der Waals surface area contributed by atoms with Gasteiger partial charge in [-0.15, -0.1) is 11.3 Å². The van der Waals surface area contributed by atoms with Crippen LogP contribution in [0.4, 0.5) is 0 Å². The fourth-order valence-electron chi connectivity index (χ4n) is 3.63. The molecule has 3 aromatic rings. The predicted molar refractivity (Wildman–Crippen MR) is 133 cm³/mol. The molecule has 1 aromatic carbocycles. The van der Waals surface area contributed by atoms with E-state index in [0.717, 1.165) is 22.6 Å². The molecule has 0 amide bonds. The molecule has 7 nitrogen and oxygen atoms in total. The molecule has 0 N–H and O–H groups in total. The van der Waals surface area contributed by atoms with Gasteiger partial charge in [0.2, 0.25) is 0 Å². The first kappa shape index (κ1) is 24.1. The van der Waals surface area contributed by atoms with Crippen molar-refractivity contribution in [1.82, 2.24) is 4.57 Å². The molecule has 1 aliphatic rings. The Labute approximate surface area is 205 Å². The number of thiophene rings is 1. The molecule has 4 rings (SSSR count). The zero-order chi connectivity index (χ0) is 24.1. The minimum Gasteiger partial charge on any atom is -0.494 e. The topological polar surface area (TPSA) is 79.1 Å². The third-order valence-corrected chi connectivity index (χ3v) is 7.13. The maximum Gasteiger partial charge on any atom is 0.338 e. The molecule has 2 aromatic heterocycles. The molecular weight excluding hydrogens is 472 g/mol. The zero-order valence-electron chi connectivity index (χ0n) is 19.3. The van der Waals surface area contributed by atoms with Crippen LogP contribution in [-0.4, -0.2) is 37.5 Å². The molecular formula is C25H26N2O5S2. The summed E-state index contributed by atoms with van der Waals surface area (Å²) in [6.07, 6.45) is 2.78. The van der Waals surface area contributed by atoms with Gasteiger partial charge in [0.15, 0.2) is 4.80 Å². The number of thiazole rings is 1. The lowest BCUT2D eigenvalue weighted by molar-refractivity contribution is -0.140. The van der Waals surface area contributed by atoms with Crippen molar-refractivity contribution in [1.29, 1.82) is 0 Å². The van der Waals surface area contributed by atoms with Gasteiger partial charge in [-0.25, -0.2) is 9.79 Å². The summed E-state index contributed by atoms with van der Waals surface area (Å²) in [6.45, 7) is 4.93. The lowest BCUT2D eigenvalue weighted by Crippen LogP contribution is -2.39. The fraction of sp³-hybridized carbons (Fsp3) is 0.320. The number of hydrogen-bond acceptors (Lipinski definition) is 8. The monoisotopic (exact) mass is 498 g/mol. The highest BCUT2D eigenvalue weighted by Gasteiger charge is 2.34. The fourth-order valence-corrected chi connectivity index (χ4v) is 5.50. The number of nitrogens with zero attached hydrogens (tertiary/aromatic N) is 2. The van der Waals surface area contributed by atoms with Crippen LogP contribution in [0, 0.1) is 0 Å². The highest BCUT2D eigenvalue weighted by atomic mass is 32.1. The molecule has 0 bridgehead atoms. The van der Waals surface area contributed by atoms with Gasteiger partial charge in [-0.05, 0) is 48.6 Å². The molecule has 0 radical (unpaired) electrons. The van der Waals surface area contributed by atoms with E-state index in [0.29, 0.717) is 33.8 Å². The number of rotatable bonds is 9. The average Bonchev–Trinajstić information content (AvgIpc) is 3.46. The zero-order valence-corrected chi connectivity index (χ0v) is 20.9. The van der Waals surface area contributed by atoms with Gasteiger partial charge in [0, 0.05) is 12.0 Å².